The van der Waals surface area contributed by atoms with E-state index < -0.39 is 6.17 Å². The minimum atomic E-state index is -0.530. The van der Waals surface area contributed by atoms with E-state index in [1.165, 1.54) is 0 Å². The van der Waals surface area contributed by atoms with Gasteiger partial charge in [0.1, 0.15) is 6.17 Å². The third-order valence-corrected chi connectivity index (χ3v) is 3.65. The van der Waals surface area contributed by atoms with Gasteiger partial charge in [-0.1, -0.05) is 0 Å². The number of thioether (sulfide) groups is 1. The van der Waals surface area contributed by atoms with Crippen LogP contribution < -0.4 is 5.32 Å². The highest BCUT2D eigenvalue weighted by atomic mass is 32.2. The first-order valence-corrected chi connectivity index (χ1v) is 4.28. The highest BCUT2D eigenvalue weighted by molar-refractivity contribution is 8.01. The average molecular weight is 147 g/mol. The molecule has 0 aliphatic carbocycles. The Labute approximate surface area is 58.4 Å². The number of rotatable bonds is 0. The van der Waals surface area contributed by atoms with Gasteiger partial charge in [0.15, 0.2) is 0 Å². The van der Waals surface area contributed by atoms with E-state index in [-0.39, 0.29) is 0 Å². The van der Waals surface area contributed by atoms with Crippen LogP contribution in [0.5, 0.6) is 0 Å². The summed E-state index contributed by atoms with van der Waals surface area (Å²) in [4.78, 5) is 0. The molecule has 0 amide bonds. The quantitative estimate of drug-likeness (QED) is 0.544. The van der Waals surface area contributed by atoms with E-state index in [4.69, 9.17) is 0 Å². The van der Waals surface area contributed by atoms with Gasteiger partial charge in [0, 0.05) is 23.6 Å². The van der Waals surface area contributed by atoms with Crippen LogP contribution >= 0.6 is 11.8 Å². The molecule has 0 aromatic heterocycles. The topological polar surface area (TPSA) is 12.0 Å². The van der Waals surface area contributed by atoms with Crippen LogP contribution in [0, 0.1) is 0 Å². The van der Waals surface area contributed by atoms with Crippen LogP contribution in [0.15, 0.2) is 0 Å². The van der Waals surface area contributed by atoms with Gasteiger partial charge in [0.05, 0.1) is 0 Å². The van der Waals surface area contributed by atoms with E-state index in [1.807, 2.05) is 0 Å². The Bertz CT molecular complexity index is 124. The Kier molecular flexibility index (Phi) is 1.24. The number of alkyl halides is 1. The zero-order valence-corrected chi connectivity index (χ0v) is 6.01. The van der Waals surface area contributed by atoms with Crippen LogP contribution in [0.3, 0.4) is 0 Å². The molecule has 2 saturated heterocycles. The Hall–Kier alpha value is 0.240. The normalized spacial score (nSPS) is 39.0. The van der Waals surface area contributed by atoms with Crippen molar-refractivity contribution in [3.63, 3.8) is 0 Å². The molecule has 52 valence electrons. The molecule has 0 bridgehead atoms. The third-order valence-electron chi connectivity index (χ3n) is 2.06. The van der Waals surface area contributed by atoms with Crippen molar-refractivity contribution in [3.05, 3.63) is 0 Å². The molecule has 1 atom stereocenters. The third kappa shape index (κ3) is 0.867. The average Bonchev–Trinajstić information content (AvgIpc) is 2.09. The second-order valence-electron chi connectivity index (χ2n) is 2.90. The highest BCUT2D eigenvalue weighted by Crippen LogP contribution is 2.42. The van der Waals surface area contributed by atoms with Crippen molar-refractivity contribution in [2.45, 2.75) is 17.3 Å². The van der Waals surface area contributed by atoms with Gasteiger partial charge in [-0.2, -0.15) is 0 Å². The van der Waals surface area contributed by atoms with Gasteiger partial charge in [-0.05, 0) is 6.42 Å². The van der Waals surface area contributed by atoms with E-state index >= 15 is 0 Å². The molecule has 0 aromatic carbocycles. The second-order valence-corrected chi connectivity index (χ2v) is 4.39. The summed E-state index contributed by atoms with van der Waals surface area (Å²) < 4.78 is 12.9. The molecule has 9 heavy (non-hydrogen) atoms. The molecule has 2 aliphatic heterocycles. The van der Waals surface area contributed by atoms with Crippen LogP contribution in [-0.4, -0.2) is 29.8 Å². The van der Waals surface area contributed by atoms with Crippen LogP contribution in [0.4, 0.5) is 4.39 Å². The fourth-order valence-corrected chi connectivity index (χ4v) is 2.80. The van der Waals surface area contributed by atoms with Gasteiger partial charge in [0.2, 0.25) is 0 Å². The van der Waals surface area contributed by atoms with E-state index in [9.17, 15) is 4.39 Å². The lowest BCUT2D eigenvalue weighted by Crippen LogP contribution is -2.55. The first-order chi connectivity index (χ1) is 4.31. The smallest absolute Gasteiger partial charge is 0.111 e. The zero-order valence-electron chi connectivity index (χ0n) is 5.19. The summed E-state index contributed by atoms with van der Waals surface area (Å²) in [5.41, 5.74) is 0. The molecule has 2 aliphatic rings. The fraction of sp³-hybridized carbons (Fsp3) is 1.00. The fourth-order valence-electron chi connectivity index (χ4n) is 1.44. The summed E-state index contributed by atoms with van der Waals surface area (Å²) in [6.45, 7) is 2.05. The summed E-state index contributed by atoms with van der Waals surface area (Å²) in [7, 11) is 0. The first-order valence-electron chi connectivity index (χ1n) is 3.30. The van der Waals surface area contributed by atoms with E-state index in [2.05, 4.69) is 5.32 Å². The van der Waals surface area contributed by atoms with Crippen LogP contribution in [0.25, 0.3) is 0 Å². The van der Waals surface area contributed by atoms with E-state index in [1.54, 1.807) is 11.8 Å². The minimum Gasteiger partial charge on any atom is -0.314 e. The summed E-state index contributed by atoms with van der Waals surface area (Å²) >= 11 is 1.80. The van der Waals surface area contributed by atoms with Gasteiger partial charge in [0.25, 0.3) is 0 Å². The van der Waals surface area contributed by atoms with Crippen molar-refractivity contribution in [2.75, 3.05) is 18.8 Å². The lowest BCUT2D eigenvalue weighted by molar-refractivity contribution is 0.285. The Morgan fingerprint density at radius 2 is 2.33 bits per heavy atom. The Morgan fingerprint density at radius 3 is 2.56 bits per heavy atom. The Morgan fingerprint density at radius 1 is 1.56 bits per heavy atom. The molecule has 2 heterocycles. The SMILES string of the molecule is FC1CSC2(CNC2)C1. The van der Waals surface area contributed by atoms with Crippen LogP contribution in [-0.2, 0) is 0 Å². The summed E-state index contributed by atoms with van der Waals surface area (Å²) in [6.07, 6.45) is 0.252. The molecule has 0 radical (unpaired) electrons. The largest absolute Gasteiger partial charge is 0.314 e. The van der Waals surface area contributed by atoms with Crippen molar-refractivity contribution in [1.82, 2.24) is 5.32 Å². The molecule has 1 nitrogen and oxygen atoms in total. The number of hydrogen-bond donors (Lipinski definition) is 1. The van der Waals surface area contributed by atoms with Gasteiger partial charge >= 0.3 is 0 Å². The van der Waals surface area contributed by atoms with E-state index in [0.29, 0.717) is 4.75 Å². The molecule has 1 unspecified atom stereocenters. The van der Waals surface area contributed by atoms with Crippen molar-refractivity contribution < 1.29 is 4.39 Å². The second kappa shape index (κ2) is 1.86. The summed E-state index contributed by atoms with van der Waals surface area (Å²) in [5, 5.41) is 3.18. The zero-order chi connectivity index (χ0) is 6.32. The number of nitrogens with one attached hydrogen (secondary N) is 1. The number of halogens is 1. The molecule has 3 heteroatoms. The standard InChI is InChI=1S/C6H10FNS/c7-5-1-6(9-2-5)3-8-4-6/h5,8H,1-4H2. The molecule has 1 spiro atoms. The highest BCUT2D eigenvalue weighted by Gasteiger charge is 2.44. The first kappa shape index (κ1) is 5.98. The lowest BCUT2D eigenvalue weighted by Gasteiger charge is -2.37. The van der Waals surface area contributed by atoms with Crippen molar-refractivity contribution in [2.24, 2.45) is 0 Å². The van der Waals surface area contributed by atoms with Crippen molar-refractivity contribution in [1.29, 1.82) is 0 Å². The molecular weight excluding hydrogens is 137 g/mol. The summed E-state index contributed by atoms with van der Waals surface area (Å²) in [6, 6.07) is 0. The van der Waals surface area contributed by atoms with E-state index in [0.717, 1.165) is 25.3 Å². The monoisotopic (exact) mass is 147 g/mol. The van der Waals surface area contributed by atoms with Gasteiger partial charge in [-0.25, -0.2) is 4.39 Å². The predicted octanol–water partition coefficient (Wildman–Crippen LogP) is 0.803. The minimum absolute atomic E-state index is 0.319. The predicted molar refractivity (Wildman–Crippen MR) is 37.6 cm³/mol. The summed E-state index contributed by atoms with van der Waals surface area (Å²) in [5.74, 6) is 0.724. The molecule has 0 saturated carbocycles. The van der Waals surface area contributed by atoms with Gasteiger partial charge in [-0.3, -0.25) is 0 Å². The molecule has 1 N–H and O–H groups in total. The maximum absolute atomic E-state index is 12.6. The lowest BCUT2D eigenvalue weighted by atomic mass is 9.96. The van der Waals surface area contributed by atoms with Crippen molar-refractivity contribution in [3.8, 4) is 0 Å². The van der Waals surface area contributed by atoms with Crippen molar-refractivity contribution >= 4 is 11.8 Å². The van der Waals surface area contributed by atoms with Gasteiger partial charge < -0.3 is 5.32 Å². The number of hydrogen-bond acceptors (Lipinski definition) is 2. The molecular formula is C6H10FNS. The molecule has 0 aromatic rings. The van der Waals surface area contributed by atoms with Gasteiger partial charge in [-0.15, -0.1) is 11.8 Å². The van der Waals surface area contributed by atoms with Crippen LogP contribution in [0.1, 0.15) is 6.42 Å². The Balaban J connectivity index is 1.99. The molecule has 2 rings (SSSR count). The molecule has 2 fully saturated rings. The maximum atomic E-state index is 12.6. The van der Waals surface area contributed by atoms with Crippen LogP contribution in [0.2, 0.25) is 0 Å². The maximum Gasteiger partial charge on any atom is 0.111 e.